The third-order valence-electron chi connectivity index (χ3n) is 5.81. The number of aryl methyl sites for hydroxylation is 1. The van der Waals surface area contributed by atoms with Gasteiger partial charge in [0.25, 0.3) is 5.91 Å². The summed E-state index contributed by atoms with van der Waals surface area (Å²) in [6.45, 7) is 0.761. The minimum absolute atomic E-state index is 0. The largest absolute Gasteiger partial charge is 0.351 e. The highest BCUT2D eigenvalue weighted by Crippen LogP contribution is 2.48. The van der Waals surface area contributed by atoms with Crippen LogP contribution in [0.25, 0.3) is 0 Å². The zero-order valence-electron chi connectivity index (χ0n) is 14.2. The molecule has 2 saturated carbocycles. The predicted molar refractivity (Wildman–Crippen MR) is 103 cm³/mol. The number of hydrogen-bond acceptors (Lipinski definition) is 2. The lowest BCUT2D eigenvalue weighted by Gasteiger charge is -2.45. The SMILES string of the molecule is C.O=CCCc1ccc(Cl)c(C(=O)NCC23CCCC(CCC2)C3)c1. The Bertz CT molecular complexity index is 604. The van der Waals surface area contributed by atoms with Crippen molar-refractivity contribution in [1.29, 1.82) is 0 Å². The second-order valence-electron chi connectivity index (χ2n) is 7.56. The molecule has 1 amide bonds. The minimum Gasteiger partial charge on any atom is -0.351 e. The summed E-state index contributed by atoms with van der Waals surface area (Å²) in [4.78, 5) is 23.2. The van der Waals surface area contributed by atoms with E-state index in [0.29, 0.717) is 28.8 Å². The van der Waals surface area contributed by atoms with Gasteiger partial charge in [-0.1, -0.05) is 50.8 Å². The van der Waals surface area contributed by atoms with Crippen LogP contribution in [0.15, 0.2) is 18.2 Å². The van der Waals surface area contributed by atoms with Gasteiger partial charge in [-0.15, -0.1) is 0 Å². The van der Waals surface area contributed by atoms with Crippen LogP contribution in [0.1, 0.15) is 74.7 Å². The standard InChI is InChI=1S/C20H26ClNO2.CH4/c21-18-8-7-15(6-3-11-23)12-17(18)19(24)22-14-20-9-1-4-16(13-20)5-2-10-20;/h7-8,11-12,16H,1-6,9-10,13-14H2,(H,22,24);1H4. The molecule has 1 aromatic rings. The van der Waals surface area contributed by atoms with Crippen molar-refractivity contribution in [2.24, 2.45) is 11.3 Å². The zero-order chi connectivity index (χ0) is 17.0. The first-order valence-corrected chi connectivity index (χ1v) is 9.50. The molecule has 0 saturated heterocycles. The van der Waals surface area contributed by atoms with Crippen molar-refractivity contribution in [3.63, 3.8) is 0 Å². The van der Waals surface area contributed by atoms with E-state index in [1.165, 1.54) is 44.9 Å². The van der Waals surface area contributed by atoms with Gasteiger partial charge in [0, 0.05) is 13.0 Å². The second kappa shape index (κ2) is 8.84. The molecular formula is C21H30ClNO2. The molecular weight excluding hydrogens is 334 g/mol. The highest BCUT2D eigenvalue weighted by molar-refractivity contribution is 6.33. The topological polar surface area (TPSA) is 46.2 Å². The molecule has 25 heavy (non-hydrogen) atoms. The molecule has 1 N–H and O–H groups in total. The number of aldehydes is 1. The highest BCUT2D eigenvalue weighted by Gasteiger charge is 2.39. The van der Waals surface area contributed by atoms with Crippen LogP contribution in [0.3, 0.4) is 0 Å². The fraction of sp³-hybridized carbons (Fsp3) is 0.619. The summed E-state index contributed by atoms with van der Waals surface area (Å²) in [7, 11) is 0. The molecule has 0 aromatic heterocycles. The number of carbonyl (C=O) groups is 2. The molecule has 4 heteroatoms. The van der Waals surface area contributed by atoms with E-state index in [0.717, 1.165) is 24.3 Å². The van der Waals surface area contributed by atoms with Gasteiger partial charge in [0.15, 0.2) is 0 Å². The Hall–Kier alpha value is -1.35. The summed E-state index contributed by atoms with van der Waals surface area (Å²) in [6, 6.07) is 5.46. The average Bonchev–Trinajstić information content (AvgIpc) is 2.59. The molecule has 0 unspecified atom stereocenters. The first kappa shape index (κ1) is 20.0. The van der Waals surface area contributed by atoms with Gasteiger partial charge in [-0.2, -0.15) is 0 Å². The maximum absolute atomic E-state index is 12.6. The molecule has 1 aromatic carbocycles. The van der Waals surface area contributed by atoms with Gasteiger partial charge < -0.3 is 10.1 Å². The van der Waals surface area contributed by atoms with E-state index in [1.807, 2.05) is 12.1 Å². The van der Waals surface area contributed by atoms with Crippen LogP contribution in [0.4, 0.5) is 0 Å². The fourth-order valence-electron chi connectivity index (χ4n) is 4.56. The van der Waals surface area contributed by atoms with E-state index in [4.69, 9.17) is 11.6 Å². The monoisotopic (exact) mass is 363 g/mol. The lowest BCUT2D eigenvalue weighted by Crippen LogP contribution is -2.43. The van der Waals surface area contributed by atoms with Crippen molar-refractivity contribution in [2.45, 2.75) is 65.2 Å². The van der Waals surface area contributed by atoms with Crippen molar-refractivity contribution in [3.8, 4) is 0 Å². The minimum atomic E-state index is -0.0879. The molecule has 0 spiro atoms. The van der Waals surface area contributed by atoms with E-state index >= 15 is 0 Å². The van der Waals surface area contributed by atoms with Crippen molar-refractivity contribution in [2.75, 3.05) is 6.54 Å². The van der Waals surface area contributed by atoms with Gasteiger partial charge in [-0.3, -0.25) is 4.79 Å². The van der Waals surface area contributed by atoms with Crippen LogP contribution >= 0.6 is 11.6 Å². The van der Waals surface area contributed by atoms with E-state index in [2.05, 4.69) is 5.32 Å². The molecule has 2 bridgehead atoms. The number of rotatable bonds is 6. The third-order valence-corrected chi connectivity index (χ3v) is 6.14. The Labute approximate surface area is 156 Å². The van der Waals surface area contributed by atoms with Gasteiger partial charge in [-0.05, 0) is 54.7 Å². The summed E-state index contributed by atoms with van der Waals surface area (Å²) in [6.07, 6.45) is 11.1. The van der Waals surface area contributed by atoms with E-state index in [-0.39, 0.29) is 13.3 Å². The number of benzene rings is 1. The van der Waals surface area contributed by atoms with Gasteiger partial charge in [0.1, 0.15) is 6.29 Å². The lowest BCUT2D eigenvalue weighted by molar-refractivity contribution is -0.107. The van der Waals surface area contributed by atoms with Crippen molar-refractivity contribution >= 4 is 23.8 Å². The Morgan fingerprint density at radius 2 is 2.00 bits per heavy atom. The van der Waals surface area contributed by atoms with Crippen LogP contribution in [0, 0.1) is 11.3 Å². The van der Waals surface area contributed by atoms with E-state index in [1.54, 1.807) is 6.07 Å². The third kappa shape index (κ3) is 4.84. The maximum Gasteiger partial charge on any atom is 0.252 e. The molecule has 2 aliphatic carbocycles. The Balaban J connectivity index is 0.00000225. The molecule has 2 aliphatic rings. The number of amides is 1. The first-order chi connectivity index (χ1) is 11.6. The summed E-state index contributed by atoms with van der Waals surface area (Å²) in [5, 5.41) is 3.62. The summed E-state index contributed by atoms with van der Waals surface area (Å²) in [5.41, 5.74) is 1.81. The van der Waals surface area contributed by atoms with Gasteiger partial charge in [-0.25, -0.2) is 0 Å². The molecule has 138 valence electrons. The smallest absolute Gasteiger partial charge is 0.252 e. The maximum atomic E-state index is 12.6. The number of halogens is 1. The Kier molecular flexibility index (Phi) is 7.06. The fourth-order valence-corrected chi connectivity index (χ4v) is 4.76. The summed E-state index contributed by atoms with van der Waals surface area (Å²) < 4.78 is 0. The van der Waals surface area contributed by atoms with Gasteiger partial charge >= 0.3 is 0 Å². The average molecular weight is 364 g/mol. The zero-order valence-corrected chi connectivity index (χ0v) is 14.9. The highest BCUT2D eigenvalue weighted by atomic mass is 35.5. The predicted octanol–water partition coefficient (Wildman–Crippen LogP) is 5.20. The number of carbonyl (C=O) groups excluding carboxylic acids is 2. The normalized spacial score (nSPS) is 24.9. The molecule has 0 aliphatic heterocycles. The lowest BCUT2D eigenvalue weighted by atomic mass is 9.62. The van der Waals surface area contributed by atoms with Gasteiger partial charge in [0.2, 0.25) is 0 Å². The van der Waals surface area contributed by atoms with E-state index in [9.17, 15) is 9.59 Å². The number of fused-ring (bicyclic) bond motifs is 2. The molecule has 0 heterocycles. The van der Waals surface area contributed by atoms with Crippen LogP contribution in [-0.4, -0.2) is 18.7 Å². The first-order valence-electron chi connectivity index (χ1n) is 9.12. The van der Waals surface area contributed by atoms with Crippen molar-refractivity contribution < 1.29 is 9.59 Å². The van der Waals surface area contributed by atoms with Crippen molar-refractivity contribution in [3.05, 3.63) is 34.3 Å². The van der Waals surface area contributed by atoms with Crippen molar-refractivity contribution in [1.82, 2.24) is 5.32 Å². The van der Waals surface area contributed by atoms with Gasteiger partial charge in [0.05, 0.1) is 10.6 Å². The van der Waals surface area contributed by atoms with Crippen LogP contribution in [0.5, 0.6) is 0 Å². The number of nitrogens with one attached hydrogen (secondary N) is 1. The van der Waals surface area contributed by atoms with Crippen LogP contribution < -0.4 is 5.32 Å². The molecule has 0 atom stereocenters. The molecule has 0 radical (unpaired) electrons. The molecule has 3 nitrogen and oxygen atoms in total. The Morgan fingerprint density at radius 3 is 2.68 bits per heavy atom. The summed E-state index contributed by atoms with van der Waals surface area (Å²) >= 11 is 6.22. The van der Waals surface area contributed by atoms with Crippen LogP contribution in [-0.2, 0) is 11.2 Å². The van der Waals surface area contributed by atoms with E-state index < -0.39 is 0 Å². The Morgan fingerprint density at radius 1 is 1.28 bits per heavy atom. The summed E-state index contributed by atoms with van der Waals surface area (Å²) in [5.74, 6) is 0.773. The van der Waals surface area contributed by atoms with Crippen LogP contribution in [0.2, 0.25) is 5.02 Å². The second-order valence-corrected chi connectivity index (χ2v) is 7.96. The molecule has 3 rings (SSSR count). The number of hydrogen-bond donors (Lipinski definition) is 1. The molecule has 2 fully saturated rings. The quantitative estimate of drug-likeness (QED) is 0.706.